The predicted molar refractivity (Wildman–Crippen MR) is 74.1 cm³/mol. The molecular weight excluding hydrogens is 258 g/mol. The van der Waals surface area contributed by atoms with Gasteiger partial charge in [-0.25, -0.2) is 8.78 Å². The second kappa shape index (κ2) is 4.98. The average molecular weight is 270 g/mol. The van der Waals surface area contributed by atoms with Crippen LogP contribution in [0.5, 0.6) is 0 Å². The number of hydrogen-bond acceptors (Lipinski definition) is 2. The van der Waals surface area contributed by atoms with Gasteiger partial charge in [0.15, 0.2) is 11.6 Å². The molecule has 0 saturated carbocycles. The number of benzene rings is 2. The molecule has 1 atom stereocenters. The third-order valence-corrected chi connectivity index (χ3v) is 3.32. The Morgan fingerprint density at radius 3 is 2.60 bits per heavy atom. The van der Waals surface area contributed by atoms with Gasteiger partial charge in [0, 0.05) is 17.1 Å². The molecular formula is C16H12F2N2. The van der Waals surface area contributed by atoms with E-state index in [4.69, 9.17) is 5.73 Å². The second-order valence-electron chi connectivity index (χ2n) is 4.54. The van der Waals surface area contributed by atoms with Gasteiger partial charge in [-0.1, -0.05) is 36.4 Å². The van der Waals surface area contributed by atoms with Crippen LogP contribution in [0.4, 0.5) is 8.78 Å². The number of nitrogens with zero attached hydrogens (tertiary/aromatic N) is 1. The quantitative estimate of drug-likeness (QED) is 0.773. The van der Waals surface area contributed by atoms with Crippen LogP contribution in [-0.4, -0.2) is 4.98 Å². The van der Waals surface area contributed by atoms with Crippen LogP contribution in [0.2, 0.25) is 0 Å². The van der Waals surface area contributed by atoms with E-state index >= 15 is 0 Å². The van der Waals surface area contributed by atoms with Crippen LogP contribution in [0.15, 0.2) is 54.7 Å². The Kier molecular flexibility index (Phi) is 3.16. The van der Waals surface area contributed by atoms with Crippen molar-refractivity contribution >= 4 is 10.8 Å². The number of rotatable bonds is 2. The SMILES string of the molecule is NC(c1cccc(F)c1F)c1nccc2ccccc12. The lowest BCUT2D eigenvalue weighted by atomic mass is 9.99. The number of aromatic nitrogens is 1. The molecule has 0 aliphatic heterocycles. The zero-order valence-corrected chi connectivity index (χ0v) is 10.6. The Bertz CT molecular complexity index is 766. The minimum absolute atomic E-state index is 0.105. The van der Waals surface area contributed by atoms with Crippen molar-refractivity contribution < 1.29 is 8.78 Å². The summed E-state index contributed by atoms with van der Waals surface area (Å²) in [6.45, 7) is 0. The van der Waals surface area contributed by atoms with Crippen LogP contribution in [0, 0.1) is 11.6 Å². The van der Waals surface area contributed by atoms with Crippen molar-refractivity contribution in [3.8, 4) is 0 Å². The van der Waals surface area contributed by atoms with E-state index in [1.54, 1.807) is 6.20 Å². The first-order valence-electron chi connectivity index (χ1n) is 6.21. The normalized spacial score (nSPS) is 12.6. The van der Waals surface area contributed by atoms with Gasteiger partial charge in [0.1, 0.15) is 0 Å². The molecule has 0 saturated heterocycles. The first-order valence-corrected chi connectivity index (χ1v) is 6.21. The molecule has 1 heterocycles. The van der Waals surface area contributed by atoms with Gasteiger partial charge in [0.25, 0.3) is 0 Å². The van der Waals surface area contributed by atoms with E-state index in [0.29, 0.717) is 5.69 Å². The van der Waals surface area contributed by atoms with E-state index in [1.807, 2.05) is 30.3 Å². The highest BCUT2D eigenvalue weighted by Crippen LogP contribution is 2.27. The molecule has 100 valence electrons. The Labute approximate surface area is 114 Å². The molecule has 1 unspecified atom stereocenters. The largest absolute Gasteiger partial charge is 0.319 e. The van der Waals surface area contributed by atoms with Crippen LogP contribution >= 0.6 is 0 Å². The smallest absolute Gasteiger partial charge is 0.163 e. The number of pyridine rings is 1. The monoisotopic (exact) mass is 270 g/mol. The van der Waals surface area contributed by atoms with Crippen LogP contribution in [0.25, 0.3) is 10.8 Å². The molecule has 0 bridgehead atoms. The van der Waals surface area contributed by atoms with Gasteiger partial charge in [0.05, 0.1) is 11.7 Å². The van der Waals surface area contributed by atoms with Gasteiger partial charge in [-0.2, -0.15) is 0 Å². The fourth-order valence-electron chi connectivity index (χ4n) is 2.30. The predicted octanol–water partition coefficient (Wildman–Crippen LogP) is 3.56. The van der Waals surface area contributed by atoms with Gasteiger partial charge in [-0.15, -0.1) is 0 Å². The molecule has 0 aliphatic carbocycles. The maximum absolute atomic E-state index is 13.9. The maximum Gasteiger partial charge on any atom is 0.163 e. The summed E-state index contributed by atoms with van der Waals surface area (Å²) in [4.78, 5) is 4.24. The highest BCUT2D eigenvalue weighted by molar-refractivity contribution is 5.85. The summed E-state index contributed by atoms with van der Waals surface area (Å²) in [5.74, 6) is -1.83. The van der Waals surface area contributed by atoms with E-state index < -0.39 is 17.7 Å². The summed E-state index contributed by atoms with van der Waals surface area (Å²) in [7, 11) is 0. The average Bonchev–Trinajstić information content (AvgIpc) is 2.49. The second-order valence-corrected chi connectivity index (χ2v) is 4.54. The Morgan fingerprint density at radius 2 is 1.75 bits per heavy atom. The number of fused-ring (bicyclic) bond motifs is 1. The summed E-state index contributed by atoms with van der Waals surface area (Å²) in [5, 5.41) is 1.80. The van der Waals surface area contributed by atoms with Crippen molar-refractivity contribution in [3.63, 3.8) is 0 Å². The molecule has 0 spiro atoms. The zero-order valence-electron chi connectivity index (χ0n) is 10.6. The summed E-state index contributed by atoms with van der Waals surface area (Å²) in [5.41, 5.74) is 6.72. The summed E-state index contributed by atoms with van der Waals surface area (Å²) < 4.78 is 27.2. The summed E-state index contributed by atoms with van der Waals surface area (Å²) >= 11 is 0. The van der Waals surface area contributed by atoms with Crippen LogP contribution in [0.1, 0.15) is 17.3 Å². The van der Waals surface area contributed by atoms with Crippen molar-refractivity contribution in [3.05, 3.63) is 77.6 Å². The molecule has 1 aromatic heterocycles. The minimum Gasteiger partial charge on any atom is -0.319 e. The molecule has 2 nitrogen and oxygen atoms in total. The molecule has 3 rings (SSSR count). The number of nitrogens with two attached hydrogens (primary N) is 1. The molecule has 0 radical (unpaired) electrons. The fourth-order valence-corrected chi connectivity index (χ4v) is 2.30. The van der Waals surface area contributed by atoms with Gasteiger partial charge in [0.2, 0.25) is 0 Å². The van der Waals surface area contributed by atoms with Crippen molar-refractivity contribution in [1.29, 1.82) is 0 Å². The van der Waals surface area contributed by atoms with E-state index in [1.165, 1.54) is 12.1 Å². The van der Waals surface area contributed by atoms with Crippen molar-refractivity contribution in [2.45, 2.75) is 6.04 Å². The van der Waals surface area contributed by atoms with Crippen LogP contribution in [0.3, 0.4) is 0 Å². The maximum atomic E-state index is 13.9. The highest BCUT2D eigenvalue weighted by atomic mass is 19.2. The first-order chi connectivity index (χ1) is 9.68. The van der Waals surface area contributed by atoms with E-state index in [-0.39, 0.29) is 5.56 Å². The Hall–Kier alpha value is -2.33. The minimum atomic E-state index is -0.922. The third-order valence-electron chi connectivity index (χ3n) is 3.32. The molecule has 4 heteroatoms. The third kappa shape index (κ3) is 2.04. The topological polar surface area (TPSA) is 38.9 Å². The molecule has 0 fully saturated rings. The summed E-state index contributed by atoms with van der Waals surface area (Å²) in [6.07, 6.45) is 1.62. The Morgan fingerprint density at radius 1 is 0.950 bits per heavy atom. The van der Waals surface area contributed by atoms with Crippen molar-refractivity contribution in [2.75, 3.05) is 0 Å². The molecule has 3 aromatic rings. The Balaban J connectivity index is 2.18. The fraction of sp³-hybridized carbons (Fsp3) is 0.0625. The zero-order chi connectivity index (χ0) is 14.1. The highest BCUT2D eigenvalue weighted by Gasteiger charge is 2.19. The standard InChI is InChI=1S/C16H12F2N2/c17-13-7-3-6-12(14(13)18)15(19)16-11-5-2-1-4-10(11)8-9-20-16/h1-9,15H,19H2. The van der Waals surface area contributed by atoms with Gasteiger partial charge < -0.3 is 5.73 Å². The molecule has 20 heavy (non-hydrogen) atoms. The van der Waals surface area contributed by atoms with Crippen LogP contribution < -0.4 is 5.73 Å². The molecule has 0 amide bonds. The lowest BCUT2D eigenvalue weighted by Crippen LogP contribution is -2.16. The number of hydrogen-bond donors (Lipinski definition) is 1. The van der Waals surface area contributed by atoms with Crippen molar-refractivity contribution in [1.82, 2.24) is 4.98 Å². The lowest BCUT2D eigenvalue weighted by Gasteiger charge is -2.15. The van der Waals surface area contributed by atoms with Gasteiger partial charge in [-0.05, 0) is 17.5 Å². The first kappa shape index (κ1) is 12.7. The van der Waals surface area contributed by atoms with E-state index in [9.17, 15) is 8.78 Å². The molecule has 0 aliphatic rings. The number of halogens is 2. The van der Waals surface area contributed by atoms with Crippen molar-refractivity contribution in [2.24, 2.45) is 5.73 Å². The van der Waals surface area contributed by atoms with E-state index in [0.717, 1.165) is 16.8 Å². The molecule has 2 aromatic carbocycles. The van der Waals surface area contributed by atoms with Crippen LogP contribution in [-0.2, 0) is 0 Å². The van der Waals surface area contributed by atoms with Gasteiger partial charge in [-0.3, -0.25) is 4.98 Å². The summed E-state index contributed by atoms with van der Waals surface area (Å²) in [6, 6.07) is 12.6. The molecule has 2 N–H and O–H groups in total. The lowest BCUT2D eigenvalue weighted by molar-refractivity contribution is 0.494. The van der Waals surface area contributed by atoms with Gasteiger partial charge >= 0.3 is 0 Å². The van der Waals surface area contributed by atoms with E-state index in [2.05, 4.69) is 4.98 Å².